The summed E-state index contributed by atoms with van der Waals surface area (Å²) in [7, 11) is 1.63. The molecule has 0 N–H and O–H groups in total. The number of ether oxygens (including phenoxy) is 2. The maximum atomic E-state index is 13.4. The van der Waals surface area contributed by atoms with Gasteiger partial charge in [-0.15, -0.1) is 11.3 Å². The lowest BCUT2D eigenvalue weighted by Gasteiger charge is -2.22. The van der Waals surface area contributed by atoms with Crippen LogP contribution in [0.4, 0.5) is 0 Å². The lowest BCUT2D eigenvalue weighted by atomic mass is 9.98. The molecule has 1 aliphatic rings. The van der Waals surface area contributed by atoms with Crippen molar-refractivity contribution in [2.45, 2.75) is 19.4 Å². The summed E-state index contributed by atoms with van der Waals surface area (Å²) in [6.45, 7) is 2.52. The third-order valence-electron chi connectivity index (χ3n) is 5.71. The second-order valence-corrected chi connectivity index (χ2v) is 9.08. The highest BCUT2D eigenvalue weighted by molar-refractivity contribution is 7.12. The van der Waals surface area contributed by atoms with Crippen LogP contribution in [0.1, 0.15) is 40.2 Å². The molecule has 1 amide bonds. The molecule has 0 saturated heterocycles. The zero-order chi connectivity index (χ0) is 23.7. The molecule has 6 nitrogen and oxygen atoms in total. The fraction of sp³-hybridized carbons (Fsp3) is 0.192. The fourth-order valence-corrected chi connectivity index (χ4v) is 4.98. The first kappa shape index (κ1) is 22.4. The predicted octanol–water partition coefficient (Wildman–Crippen LogP) is 6.35. The number of hydrogen-bond acceptors (Lipinski definition) is 6. The number of thiophene rings is 1. The zero-order valence-electron chi connectivity index (χ0n) is 18.7. The third-order valence-corrected chi connectivity index (χ3v) is 6.87. The van der Waals surface area contributed by atoms with Crippen molar-refractivity contribution in [3.8, 4) is 11.5 Å². The average Bonchev–Trinajstić information content (AvgIpc) is 3.54. The van der Waals surface area contributed by atoms with Gasteiger partial charge >= 0.3 is 0 Å². The molecule has 0 fully saturated rings. The zero-order valence-corrected chi connectivity index (χ0v) is 20.3. The molecule has 4 aromatic rings. The van der Waals surface area contributed by atoms with Gasteiger partial charge in [0.2, 0.25) is 0 Å². The molecule has 0 unspecified atom stereocenters. The predicted molar refractivity (Wildman–Crippen MR) is 135 cm³/mol. The van der Waals surface area contributed by atoms with Crippen molar-refractivity contribution < 1.29 is 14.3 Å². The number of carbonyl (C=O) groups is 1. The van der Waals surface area contributed by atoms with Gasteiger partial charge in [-0.2, -0.15) is 5.10 Å². The van der Waals surface area contributed by atoms with Crippen LogP contribution in [-0.2, 0) is 0 Å². The van der Waals surface area contributed by atoms with E-state index >= 15 is 0 Å². The fourth-order valence-electron chi connectivity index (χ4n) is 4.05. The minimum atomic E-state index is -0.383. The Balaban J connectivity index is 1.57. The first-order valence-corrected chi connectivity index (χ1v) is 12.1. The van der Waals surface area contributed by atoms with Gasteiger partial charge in [0.1, 0.15) is 16.7 Å². The van der Waals surface area contributed by atoms with E-state index in [2.05, 4.69) is 4.98 Å². The van der Waals surface area contributed by atoms with Gasteiger partial charge in [-0.1, -0.05) is 17.7 Å². The van der Waals surface area contributed by atoms with E-state index in [1.165, 1.54) is 16.3 Å². The van der Waals surface area contributed by atoms with Crippen molar-refractivity contribution in [2.75, 3.05) is 13.7 Å². The summed E-state index contributed by atoms with van der Waals surface area (Å²) in [5.74, 6) is 1.36. The summed E-state index contributed by atoms with van der Waals surface area (Å²) in [4.78, 5) is 18.6. The van der Waals surface area contributed by atoms with Crippen LogP contribution in [0.25, 0.3) is 10.9 Å². The van der Waals surface area contributed by atoms with Gasteiger partial charge in [-0.3, -0.25) is 4.79 Å². The van der Waals surface area contributed by atoms with Crippen LogP contribution in [0.5, 0.6) is 11.5 Å². The Morgan fingerprint density at radius 1 is 1.15 bits per heavy atom. The summed E-state index contributed by atoms with van der Waals surface area (Å²) in [5, 5.41) is 9.42. The van der Waals surface area contributed by atoms with Crippen molar-refractivity contribution in [2.24, 2.45) is 5.10 Å². The Kier molecular flexibility index (Phi) is 6.22. The molecule has 1 aliphatic heterocycles. The number of carbonyl (C=O) groups excluding carboxylic acids is 1. The van der Waals surface area contributed by atoms with Crippen molar-refractivity contribution in [1.82, 2.24) is 9.99 Å². The standard InChI is InChI=1S/C26H22ClN3O3S/c1-3-33-19-10-11-21-17(13-19)14-20(25(27)28-21)23-15-22(16-6-8-18(32-2)9-7-16)29-30(23)26(31)24-5-4-12-34-24/h4-14,23H,3,15H2,1-2H3/t23-/m0/s1. The minimum Gasteiger partial charge on any atom is -0.497 e. The van der Waals surface area contributed by atoms with E-state index in [9.17, 15) is 4.79 Å². The molecule has 1 atom stereocenters. The molecule has 2 aromatic carbocycles. The number of amides is 1. The first-order valence-electron chi connectivity index (χ1n) is 10.9. The van der Waals surface area contributed by atoms with E-state index in [-0.39, 0.29) is 11.9 Å². The summed E-state index contributed by atoms with van der Waals surface area (Å²) in [5.41, 5.74) is 3.25. The highest BCUT2D eigenvalue weighted by Crippen LogP contribution is 2.39. The van der Waals surface area contributed by atoms with Crippen LogP contribution in [-0.4, -0.2) is 35.3 Å². The van der Waals surface area contributed by atoms with Crippen LogP contribution in [0, 0.1) is 0 Å². The number of rotatable bonds is 6. The Hall–Kier alpha value is -3.42. The second-order valence-electron chi connectivity index (χ2n) is 7.78. The molecule has 0 aliphatic carbocycles. The van der Waals surface area contributed by atoms with Crippen molar-refractivity contribution in [3.63, 3.8) is 0 Å². The van der Waals surface area contributed by atoms with Gasteiger partial charge in [-0.05, 0) is 72.5 Å². The minimum absolute atomic E-state index is 0.164. The van der Waals surface area contributed by atoms with Gasteiger partial charge in [0, 0.05) is 17.4 Å². The maximum Gasteiger partial charge on any atom is 0.284 e. The van der Waals surface area contributed by atoms with Gasteiger partial charge in [0.25, 0.3) is 5.91 Å². The number of methoxy groups -OCH3 is 1. The number of pyridine rings is 1. The maximum absolute atomic E-state index is 13.4. The molecule has 0 spiro atoms. The Bertz CT molecular complexity index is 1370. The number of fused-ring (bicyclic) bond motifs is 1. The van der Waals surface area contributed by atoms with E-state index in [1.807, 2.05) is 66.9 Å². The van der Waals surface area contributed by atoms with Crippen LogP contribution >= 0.6 is 22.9 Å². The Morgan fingerprint density at radius 2 is 1.94 bits per heavy atom. The molecule has 0 radical (unpaired) electrons. The smallest absolute Gasteiger partial charge is 0.284 e. The third kappa shape index (κ3) is 4.24. The summed E-state index contributed by atoms with van der Waals surface area (Å²) in [6, 6.07) is 18.6. The van der Waals surface area contributed by atoms with Crippen molar-refractivity contribution in [1.29, 1.82) is 0 Å². The topological polar surface area (TPSA) is 64.0 Å². The lowest BCUT2D eigenvalue weighted by Crippen LogP contribution is -2.26. The Morgan fingerprint density at radius 3 is 2.65 bits per heavy atom. The molecule has 0 bridgehead atoms. The molecule has 5 rings (SSSR count). The highest BCUT2D eigenvalue weighted by Gasteiger charge is 2.35. The van der Waals surface area contributed by atoms with Gasteiger partial charge in [0.15, 0.2) is 0 Å². The van der Waals surface area contributed by atoms with E-state index in [0.29, 0.717) is 23.1 Å². The van der Waals surface area contributed by atoms with E-state index in [1.54, 1.807) is 13.2 Å². The largest absolute Gasteiger partial charge is 0.497 e. The van der Waals surface area contributed by atoms with Crippen LogP contribution < -0.4 is 9.47 Å². The number of halogens is 1. The monoisotopic (exact) mass is 491 g/mol. The van der Waals surface area contributed by atoms with Crippen molar-refractivity contribution >= 4 is 45.5 Å². The molecule has 3 heterocycles. The molecule has 34 heavy (non-hydrogen) atoms. The van der Waals surface area contributed by atoms with Crippen LogP contribution in [0.15, 0.2) is 71.1 Å². The molecule has 0 saturated carbocycles. The number of hydrogen-bond donors (Lipinski definition) is 0. The molecule has 8 heteroatoms. The summed E-state index contributed by atoms with van der Waals surface area (Å²) in [6.07, 6.45) is 0.515. The van der Waals surface area contributed by atoms with Crippen LogP contribution in [0.3, 0.4) is 0 Å². The SMILES string of the molecule is CCOc1ccc2nc(Cl)c([C@@H]3CC(c4ccc(OC)cc4)=NN3C(=O)c3cccs3)cc2c1. The molecule has 2 aromatic heterocycles. The number of hydrazone groups is 1. The lowest BCUT2D eigenvalue weighted by molar-refractivity contribution is 0.0716. The second kappa shape index (κ2) is 9.44. The molecular formula is C26H22ClN3O3S. The average molecular weight is 492 g/mol. The first-order chi connectivity index (χ1) is 16.6. The number of nitrogens with zero attached hydrogens (tertiary/aromatic N) is 3. The quantitative estimate of drug-likeness (QED) is 0.295. The number of benzene rings is 2. The Labute approximate surface area is 206 Å². The van der Waals surface area contributed by atoms with Gasteiger partial charge in [0.05, 0.1) is 35.9 Å². The van der Waals surface area contributed by atoms with Crippen LogP contribution in [0.2, 0.25) is 5.15 Å². The number of aromatic nitrogens is 1. The van der Waals surface area contributed by atoms with E-state index in [4.69, 9.17) is 26.2 Å². The van der Waals surface area contributed by atoms with Crippen molar-refractivity contribution in [3.05, 3.63) is 87.2 Å². The molecular weight excluding hydrogens is 470 g/mol. The summed E-state index contributed by atoms with van der Waals surface area (Å²) >= 11 is 8.06. The van der Waals surface area contributed by atoms with E-state index in [0.717, 1.165) is 39.2 Å². The normalized spacial score (nSPS) is 15.4. The highest BCUT2D eigenvalue weighted by atomic mass is 35.5. The molecule has 172 valence electrons. The summed E-state index contributed by atoms with van der Waals surface area (Å²) < 4.78 is 10.9. The van der Waals surface area contributed by atoms with E-state index < -0.39 is 0 Å². The van der Waals surface area contributed by atoms with Gasteiger partial charge in [-0.25, -0.2) is 9.99 Å². The van der Waals surface area contributed by atoms with Gasteiger partial charge < -0.3 is 9.47 Å².